The Balaban J connectivity index is 1.33. The molecule has 0 atom stereocenters. The summed E-state index contributed by atoms with van der Waals surface area (Å²) in [5.41, 5.74) is 5.83. The normalized spacial score (nSPS) is 13.7. The maximum absolute atomic E-state index is 14.9. The van der Waals surface area contributed by atoms with Crippen molar-refractivity contribution in [3.8, 4) is 33.4 Å². The van der Waals surface area contributed by atoms with Gasteiger partial charge in [0.05, 0.1) is 0 Å². The van der Waals surface area contributed by atoms with Gasteiger partial charge in [-0.25, -0.2) is 0 Å². The van der Waals surface area contributed by atoms with Crippen LogP contribution in [0.15, 0.2) is 169 Å². The molecule has 10 aromatic rings. The van der Waals surface area contributed by atoms with Crippen LogP contribution in [0.3, 0.4) is 0 Å². The van der Waals surface area contributed by atoms with Crippen molar-refractivity contribution in [1.82, 2.24) is 0 Å². The van der Waals surface area contributed by atoms with Gasteiger partial charge in [0, 0.05) is 0 Å². The average molecular weight is 786 g/mol. The molecule has 0 radical (unpaired) electrons. The van der Waals surface area contributed by atoms with E-state index < -0.39 is 25.9 Å². The van der Waals surface area contributed by atoms with Crippen molar-refractivity contribution in [3.63, 3.8) is 0 Å². The molecule has 53 heavy (non-hydrogen) atoms. The molecule has 0 unspecified atom stereocenters. The Hall–Kier alpha value is -5.46. The number of fused-ring (bicyclic) bond motifs is 7. The van der Waals surface area contributed by atoms with Crippen LogP contribution in [0.25, 0.3) is 95.8 Å². The van der Waals surface area contributed by atoms with E-state index in [9.17, 15) is 19.4 Å². The van der Waals surface area contributed by atoms with Crippen LogP contribution >= 0.6 is 10.2 Å². The zero-order valence-electron chi connectivity index (χ0n) is 27.8. The van der Waals surface area contributed by atoms with Crippen LogP contribution in [-0.2, 0) is 0 Å². The Labute approximate surface area is 307 Å². The Morgan fingerprint density at radius 2 is 0.736 bits per heavy atom. The zero-order chi connectivity index (χ0) is 36.2. The number of hydrogen-bond donors (Lipinski definition) is 0. The van der Waals surface area contributed by atoms with Crippen LogP contribution in [0.4, 0.5) is 19.4 Å². The van der Waals surface area contributed by atoms with Gasteiger partial charge in [0.2, 0.25) is 0 Å². The minimum atomic E-state index is -10.1. The molecule has 1 aromatic heterocycles. The molecule has 0 bridgehead atoms. The monoisotopic (exact) mass is 786 g/mol. The second-order valence-corrected chi connectivity index (χ2v) is 18.0. The first-order valence-electron chi connectivity index (χ1n) is 17.1. The van der Waals surface area contributed by atoms with Crippen molar-refractivity contribution in [2.45, 2.75) is 4.90 Å². The third-order valence-electron chi connectivity index (χ3n) is 10.3. The van der Waals surface area contributed by atoms with Gasteiger partial charge in [-0.15, -0.1) is 0 Å². The van der Waals surface area contributed by atoms with E-state index in [-0.39, 0.29) is 25.3 Å². The zero-order valence-corrected chi connectivity index (χ0v) is 30.3. The van der Waals surface area contributed by atoms with E-state index in [1.54, 1.807) is 12.1 Å². The molecule has 10 rings (SSSR count). The van der Waals surface area contributed by atoms with E-state index in [4.69, 9.17) is 0 Å². The molecule has 0 saturated carbocycles. The summed E-state index contributed by atoms with van der Waals surface area (Å²) in [6.45, 7) is 0. The Kier molecular flexibility index (Phi) is 6.56. The fraction of sp³-hybridized carbons (Fsp3) is 0. The van der Waals surface area contributed by atoms with Gasteiger partial charge in [-0.3, -0.25) is 0 Å². The molecule has 0 saturated heterocycles. The minimum absolute atomic E-state index is 0.147. The van der Waals surface area contributed by atoms with Gasteiger partial charge in [0.1, 0.15) is 0 Å². The Morgan fingerprint density at radius 1 is 0.340 bits per heavy atom. The standard InChI is InChI=1S/C46H27F5SSe/c47-52(48,49,50,51)45-35-22-10-8-20-33(35)42(34-21-9-11-23-36(34)45)37-24-13-27-40-44(37)39-26-12-25-38(46(39)53-40)43-31-18-6-4-16-29(31)41(28-14-2-1-3-15-28)30-17-5-7-19-32(30)43/h1-27H. The molecule has 0 aliphatic heterocycles. The summed E-state index contributed by atoms with van der Waals surface area (Å²) in [5.74, 6) is 0. The first kappa shape index (κ1) is 32.2. The molecule has 0 nitrogen and oxygen atoms in total. The van der Waals surface area contributed by atoms with Gasteiger partial charge >= 0.3 is 309 Å². The third-order valence-corrected chi connectivity index (χ3v) is 14.1. The average Bonchev–Trinajstić information content (AvgIpc) is 3.55. The molecule has 0 amide bonds. The van der Waals surface area contributed by atoms with Crippen LogP contribution in [0.5, 0.6) is 0 Å². The molecule has 0 aliphatic rings. The van der Waals surface area contributed by atoms with Gasteiger partial charge in [0.15, 0.2) is 0 Å². The molecule has 0 fully saturated rings. The first-order chi connectivity index (χ1) is 25.5. The van der Waals surface area contributed by atoms with E-state index in [0.29, 0.717) is 5.56 Å². The van der Waals surface area contributed by atoms with Crippen molar-refractivity contribution < 1.29 is 19.4 Å². The number of hydrogen-bond acceptors (Lipinski definition) is 0. The van der Waals surface area contributed by atoms with Crippen molar-refractivity contribution in [2.75, 3.05) is 0 Å². The van der Waals surface area contributed by atoms with E-state index >= 15 is 0 Å². The SMILES string of the molecule is FS(F)(F)(F)(F)c1c2ccccc2c(-c2cccc3[se]c4c(-c5c6ccccc6c(-c6ccccc6)c6ccccc56)cccc4c23)c2ccccc12. The summed E-state index contributed by atoms with van der Waals surface area (Å²) < 4.78 is 76.8. The number of halogens is 5. The van der Waals surface area contributed by atoms with Crippen molar-refractivity contribution >= 4 is 87.1 Å². The van der Waals surface area contributed by atoms with E-state index in [1.807, 2.05) is 18.2 Å². The van der Waals surface area contributed by atoms with Crippen LogP contribution in [0.1, 0.15) is 0 Å². The van der Waals surface area contributed by atoms with Crippen LogP contribution < -0.4 is 0 Å². The van der Waals surface area contributed by atoms with Gasteiger partial charge < -0.3 is 0 Å². The number of rotatable bonds is 4. The van der Waals surface area contributed by atoms with E-state index in [0.717, 1.165) is 58.8 Å². The number of benzene rings is 9. The van der Waals surface area contributed by atoms with Crippen molar-refractivity contribution in [3.05, 3.63) is 164 Å². The molecule has 1 heterocycles. The molecular formula is C46H27F5SSe. The predicted molar refractivity (Wildman–Crippen MR) is 216 cm³/mol. The van der Waals surface area contributed by atoms with Crippen molar-refractivity contribution in [2.24, 2.45) is 0 Å². The summed E-state index contributed by atoms with van der Waals surface area (Å²) in [7, 11) is -10.1. The quantitative estimate of drug-likeness (QED) is 0.0947. The van der Waals surface area contributed by atoms with Gasteiger partial charge in [-0.05, 0) is 0 Å². The van der Waals surface area contributed by atoms with Gasteiger partial charge in [-0.2, -0.15) is 0 Å². The molecule has 0 aliphatic carbocycles. The van der Waals surface area contributed by atoms with Crippen LogP contribution in [0.2, 0.25) is 0 Å². The van der Waals surface area contributed by atoms with E-state index in [1.165, 1.54) is 46.2 Å². The summed E-state index contributed by atoms with van der Waals surface area (Å²) in [4.78, 5) is -1.82. The summed E-state index contributed by atoms with van der Waals surface area (Å²) in [6, 6.07) is 51.2. The molecule has 258 valence electrons. The predicted octanol–water partition coefficient (Wildman–Crippen LogP) is 15.3. The second kappa shape index (κ2) is 10.8. The van der Waals surface area contributed by atoms with E-state index in [2.05, 4.69) is 97.1 Å². The first-order valence-corrected chi connectivity index (χ1v) is 20.8. The topological polar surface area (TPSA) is 0 Å². The van der Waals surface area contributed by atoms with Crippen molar-refractivity contribution in [1.29, 1.82) is 0 Å². The fourth-order valence-corrected chi connectivity index (χ4v) is 12.2. The van der Waals surface area contributed by atoms with Crippen LogP contribution in [-0.4, -0.2) is 14.5 Å². The molecule has 0 spiro atoms. The summed E-state index contributed by atoms with van der Waals surface area (Å²) in [6.07, 6.45) is 0. The van der Waals surface area contributed by atoms with Gasteiger partial charge in [0.25, 0.3) is 0 Å². The third kappa shape index (κ3) is 4.95. The fourth-order valence-electron chi connectivity index (χ4n) is 8.38. The molecular weight excluding hydrogens is 759 g/mol. The Bertz CT molecular complexity index is 3040. The second-order valence-electron chi connectivity index (χ2n) is 13.4. The molecule has 7 heteroatoms. The Morgan fingerprint density at radius 3 is 1.26 bits per heavy atom. The maximum atomic E-state index is 14.9. The van der Waals surface area contributed by atoms with Crippen LogP contribution in [0, 0.1) is 0 Å². The molecule has 9 aromatic carbocycles. The summed E-state index contributed by atoms with van der Waals surface area (Å²) in [5, 5.41) is 5.82. The summed E-state index contributed by atoms with van der Waals surface area (Å²) >= 11 is -0.160. The van der Waals surface area contributed by atoms with Gasteiger partial charge in [-0.1, -0.05) is 0 Å². The molecule has 0 N–H and O–H groups in total.